The van der Waals surface area contributed by atoms with Crippen molar-refractivity contribution >= 4 is 22.8 Å². The molecule has 4 aliphatic rings. The molecule has 42 heavy (non-hydrogen) atoms. The van der Waals surface area contributed by atoms with Crippen molar-refractivity contribution in [1.82, 2.24) is 10.3 Å². The number of nitrogens with one attached hydrogen (secondary N) is 2. The fourth-order valence-electron chi connectivity index (χ4n) is 11.0. The quantitative estimate of drug-likeness (QED) is 0.256. The van der Waals surface area contributed by atoms with Crippen molar-refractivity contribution in [3.05, 3.63) is 36.0 Å². The van der Waals surface area contributed by atoms with Crippen LogP contribution in [0.1, 0.15) is 103 Å². The van der Waals surface area contributed by atoms with E-state index in [0.29, 0.717) is 41.4 Å². The summed E-state index contributed by atoms with van der Waals surface area (Å²) in [6, 6.07) is 7.59. The van der Waals surface area contributed by atoms with Crippen molar-refractivity contribution in [2.24, 2.45) is 46.3 Å². The number of hydrogen-bond acceptors (Lipinski definition) is 3. The summed E-state index contributed by atoms with van der Waals surface area (Å²) in [5, 5.41) is 24.1. The van der Waals surface area contributed by atoms with Gasteiger partial charge >= 0.3 is 5.97 Å². The van der Waals surface area contributed by atoms with E-state index in [1.54, 1.807) is 0 Å². The number of para-hydroxylation sites is 1. The van der Waals surface area contributed by atoms with E-state index in [0.717, 1.165) is 53.5 Å². The van der Waals surface area contributed by atoms with Gasteiger partial charge < -0.3 is 20.5 Å². The highest BCUT2D eigenvalue weighted by Gasteiger charge is 2.60. The number of fused-ring (bicyclic) bond motifs is 6. The molecule has 2 aromatic rings. The number of amides is 1. The minimum atomic E-state index is -0.888. The Kier molecular flexibility index (Phi) is 8.23. The molecule has 0 bridgehead atoms. The van der Waals surface area contributed by atoms with Gasteiger partial charge in [0, 0.05) is 29.6 Å². The van der Waals surface area contributed by atoms with Gasteiger partial charge in [0.1, 0.15) is 0 Å². The maximum Gasteiger partial charge on any atom is 0.305 e. The number of aromatic amines is 1. The van der Waals surface area contributed by atoms with Gasteiger partial charge in [0.15, 0.2) is 0 Å². The lowest BCUT2D eigenvalue weighted by Gasteiger charge is -2.61. The van der Waals surface area contributed by atoms with E-state index < -0.39 is 12.0 Å². The molecular formula is C36H52N2O4. The molecule has 1 heterocycles. The van der Waals surface area contributed by atoms with Crippen LogP contribution in [0.25, 0.3) is 10.9 Å². The molecule has 0 aliphatic heterocycles. The number of hydrogen-bond donors (Lipinski definition) is 4. The lowest BCUT2D eigenvalue weighted by Crippen LogP contribution is -2.54. The fraction of sp³-hybridized carbons (Fsp3) is 0.722. The number of carboxylic acid groups (broad SMARTS) is 1. The van der Waals surface area contributed by atoms with Crippen molar-refractivity contribution in [2.75, 3.05) is 0 Å². The number of aliphatic hydroxyl groups excluding tert-OH is 1. The van der Waals surface area contributed by atoms with Crippen molar-refractivity contribution in [3.63, 3.8) is 0 Å². The van der Waals surface area contributed by atoms with Gasteiger partial charge in [-0.05, 0) is 129 Å². The Morgan fingerprint density at radius 2 is 1.79 bits per heavy atom. The van der Waals surface area contributed by atoms with E-state index in [-0.39, 0.29) is 18.4 Å². The molecule has 230 valence electrons. The number of H-pyrrole nitrogens is 1. The highest BCUT2D eigenvalue weighted by atomic mass is 16.4. The molecule has 4 N–H and O–H groups in total. The monoisotopic (exact) mass is 576 g/mol. The van der Waals surface area contributed by atoms with E-state index >= 15 is 0 Å². The Morgan fingerprint density at radius 3 is 2.60 bits per heavy atom. The number of aliphatic hydroxyl groups is 1. The topological polar surface area (TPSA) is 102 Å². The maximum absolute atomic E-state index is 13.2. The molecule has 4 saturated carbocycles. The summed E-state index contributed by atoms with van der Waals surface area (Å²) in [6.07, 6.45) is 14.6. The third kappa shape index (κ3) is 5.42. The van der Waals surface area contributed by atoms with E-state index in [9.17, 15) is 19.8 Å². The molecule has 0 saturated heterocycles. The summed E-state index contributed by atoms with van der Waals surface area (Å²) in [7, 11) is 0. The molecule has 6 heteroatoms. The van der Waals surface area contributed by atoms with Gasteiger partial charge in [-0.15, -0.1) is 0 Å². The average Bonchev–Trinajstić information content (AvgIpc) is 3.52. The van der Waals surface area contributed by atoms with Gasteiger partial charge in [0.2, 0.25) is 5.91 Å². The number of aromatic nitrogens is 1. The van der Waals surface area contributed by atoms with E-state index in [2.05, 4.69) is 31.1 Å². The average molecular weight is 577 g/mol. The summed E-state index contributed by atoms with van der Waals surface area (Å²) in [5.41, 5.74) is 2.83. The largest absolute Gasteiger partial charge is 0.481 e. The van der Waals surface area contributed by atoms with Crippen molar-refractivity contribution in [2.45, 2.75) is 116 Å². The minimum Gasteiger partial charge on any atom is -0.481 e. The Balaban J connectivity index is 1.06. The lowest BCUT2D eigenvalue weighted by atomic mass is 9.44. The fourth-order valence-corrected chi connectivity index (χ4v) is 11.0. The van der Waals surface area contributed by atoms with Crippen LogP contribution in [0.3, 0.4) is 0 Å². The Bertz CT molecular complexity index is 1290. The molecule has 1 aromatic heterocycles. The summed E-state index contributed by atoms with van der Waals surface area (Å²) in [6.45, 7) is 7.50. The predicted octanol–water partition coefficient (Wildman–Crippen LogP) is 7.11. The number of carboxylic acids is 1. The molecule has 1 aromatic carbocycles. The van der Waals surface area contributed by atoms with Crippen LogP contribution in [0.4, 0.5) is 0 Å². The minimum absolute atomic E-state index is 0.0258. The molecule has 6 nitrogen and oxygen atoms in total. The predicted molar refractivity (Wildman–Crippen MR) is 166 cm³/mol. The van der Waals surface area contributed by atoms with Gasteiger partial charge in [-0.2, -0.15) is 0 Å². The van der Waals surface area contributed by atoms with Gasteiger partial charge in [-0.25, -0.2) is 0 Å². The number of aliphatic carboxylic acids is 1. The molecular weight excluding hydrogens is 524 g/mol. The highest BCUT2D eigenvalue weighted by Crippen LogP contribution is 2.68. The first-order valence-electron chi connectivity index (χ1n) is 16.8. The summed E-state index contributed by atoms with van der Waals surface area (Å²) in [5.74, 6) is 3.33. The van der Waals surface area contributed by atoms with Crippen molar-refractivity contribution in [3.8, 4) is 0 Å². The number of carbonyl (C=O) groups excluding carboxylic acids is 1. The van der Waals surface area contributed by atoms with Crippen LogP contribution in [0.5, 0.6) is 0 Å². The smallest absolute Gasteiger partial charge is 0.305 e. The zero-order valence-electron chi connectivity index (χ0n) is 25.9. The van der Waals surface area contributed by atoms with E-state index in [1.165, 1.54) is 44.9 Å². The number of rotatable bonds is 9. The van der Waals surface area contributed by atoms with Crippen molar-refractivity contribution < 1.29 is 19.8 Å². The van der Waals surface area contributed by atoms with Gasteiger partial charge in [-0.1, -0.05) is 39.0 Å². The normalized spacial score (nSPS) is 37.3. The molecule has 0 spiro atoms. The summed E-state index contributed by atoms with van der Waals surface area (Å²) < 4.78 is 0. The van der Waals surface area contributed by atoms with Crippen molar-refractivity contribution in [1.29, 1.82) is 0 Å². The molecule has 1 amide bonds. The molecule has 0 radical (unpaired) electrons. The van der Waals surface area contributed by atoms with Gasteiger partial charge in [0.25, 0.3) is 0 Å². The molecule has 6 rings (SSSR count). The van der Waals surface area contributed by atoms with Crippen LogP contribution < -0.4 is 5.32 Å². The second-order valence-electron chi connectivity index (χ2n) is 15.3. The molecule has 4 fully saturated rings. The Hall–Kier alpha value is -2.34. The third-order valence-corrected chi connectivity index (χ3v) is 13.2. The highest BCUT2D eigenvalue weighted by molar-refractivity contribution is 5.83. The third-order valence-electron chi connectivity index (χ3n) is 13.2. The van der Waals surface area contributed by atoms with Crippen LogP contribution >= 0.6 is 0 Å². The summed E-state index contributed by atoms with van der Waals surface area (Å²) >= 11 is 0. The maximum atomic E-state index is 13.2. The first kappa shape index (κ1) is 29.7. The number of carbonyl (C=O) groups is 2. The SMILES string of the molecule is C[C@H](CCC(=O)N[C@H](CC(=O)O)Cc1c[nH]c2ccccc12)[C@H]1CC[C@H]2[C@@H]3CC[C@@H]4C[C@H](O)CC[C@]4(C)[C@H]3CC[C@]12C. The van der Waals surface area contributed by atoms with Crippen LogP contribution in [-0.2, 0) is 16.0 Å². The lowest BCUT2D eigenvalue weighted by molar-refractivity contribution is -0.137. The Labute approximate surface area is 251 Å². The summed E-state index contributed by atoms with van der Waals surface area (Å²) in [4.78, 5) is 28.1. The Morgan fingerprint density at radius 1 is 1.02 bits per heavy atom. The van der Waals surface area contributed by atoms with E-state index in [1.807, 2.05) is 30.5 Å². The van der Waals surface area contributed by atoms with Gasteiger partial charge in [0.05, 0.1) is 12.5 Å². The van der Waals surface area contributed by atoms with Crippen LogP contribution in [0.2, 0.25) is 0 Å². The first-order chi connectivity index (χ1) is 20.1. The molecule has 4 aliphatic carbocycles. The second-order valence-corrected chi connectivity index (χ2v) is 15.3. The zero-order chi connectivity index (χ0) is 29.6. The molecule has 10 atom stereocenters. The van der Waals surface area contributed by atoms with Crippen LogP contribution in [0, 0.1) is 46.3 Å². The first-order valence-corrected chi connectivity index (χ1v) is 16.8. The van der Waals surface area contributed by atoms with Gasteiger partial charge in [-0.3, -0.25) is 9.59 Å². The standard InChI is InChI=1S/C36H52N2O4/c1-22(8-13-33(40)38-25(20-34(41)42)18-23-21-37-32-7-5-4-6-27(23)32)29-11-12-30-28-10-9-24-19-26(39)14-16-35(24,2)31(28)15-17-36(29,30)3/h4-7,21-22,24-26,28-31,37,39H,8-20H2,1-3H3,(H,38,40)(H,41,42)/t22-,24-,25+,26-,28+,29-,30+,31+,35+,36-/m1/s1. The molecule has 0 unspecified atom stereocenters. The van der Waals surface area contributed by atoms with E-state index in [4.69, 9.17) is 0 Å². The zero-order valence-corrected chi connectivity index (χ0v) is 25.9. The number of benzene rings is 1. The van der Waals surface area contributed by atoms with Crippen LogP contribution in [-0.4, -0.2) is 39.2 Å². The van der Waals surface area contributed by atoms with Crippen LogP contribution in [0.15, 0.2) is 30.5 Å². The second kappa shape index (κ2) is 11.6.